The minimum Gasteiger partial charge on any atom is -0.487 e. The van der Waals surface area contributed by atoms with Gasteiger partial charge in [0.25, 0.3) is 5.91 Å². The van der Waals surface area contributed by atoms with Crippen LogP contribution in [0.25, 0.3) is 0 Å². The van der Waals surface area contributed by atoms with E-state index in [9.17, 15) is 13.2 Å². The number of amides is 1. The Balaban J connectivity index is 1.67. The molecule has 2 aliphatic heterocycles. The molecular weight excluding hydrogens is 445 g/mol. The normalized spacial score (nSPS) is 19.5. The molecule has 7 nitrogen and oxygen atoms in total. The van der Waals surface area contributed by atoms with Gasteiger partial charge in [0, 0.05) is 12.6 Å². The van der Waals surface area contributed by atoms with Crippen molar-refractivity contribution in [3.05, 3.63) is 58.9 Å². The van der Waals surface area contributed by atoms with Gasteiger partial charge in [0.15, 0.2) is 5.82 Å². The lowest BCUT2D eigenvalue weighted by Gasteiger charge is -2.30. The molecule has 1 atom stereocenters. The molecule has 0 spiro atoms. The SMILES string of the molecule is CC(C)CCC[C@H]1Cc2c(cc(OCc3ccccc3)c(N3CC(=O)NS3(=O)=O)c2F)CN1. The fraction of sp³-hybridized carbons (Fsp3) is 0.458. The summed E-state index contributed by atoms with van der Waals surface area (Å²) in [5, 5.41) is 3.47. The molecule has 1 saturated heterocycles. The van der Waals surface area contributed by atoms with E-state index in [4.69, 9.17) is 4.74 Å². The molecule has 1 amide bonds. The first kappa shape index (κ1) is 23.5. The number of halogens is 1. The van der Waals surface area contributed by atoms with Gasteiger partial charge in [0.2, 0.25) is 0 Å². The van der Waals surface area contributed by atoms with Crippen LogP contribution in [0.3, 0.4) is 0 Å². The Morgan fingerprint density at radius 3 is 2.67 bits per heavy atom. The third kappa shape index (κ3) is 5.30. The number of nitrogens with one attached hydrogen (secondary N) is 2. The van der Waals surface area contributed by atoms with E-state index in [0.29, 0.717) is 24.4 Å². The number of benzene rings is 2. The Kier molecular flexibility index (Phi) is 6.90. The first-order chi connectivity index (χ1) is 15.7. The van der Waals surface area contributed by atoms with E-state index < -0.39 is 28.5 Å². The van der Waals surface area contributed by atoms with Crippen LogP contribution in [0, 0.1) is 11.7 Å². The highest BCUT2D eigenvalue weighted by Gasteiger charge is 2.39. The second-order valence-corrected chi connectivity index (χ2v) is 10.7. The maximum atomic E-state index is 15.9. The van der Waals surface area contributed by atoms with Crippen LogP contribution in [0.5, 0.6) is 5.75 Å². The molecule has 33 heavy (non-hydrogen) atoms. The summed E-state index contributed by atoms with van der Waals surface area (Å²) in [4.78, 5) is 11.9. The van der Waals surface area contributed by atoms with Crippen LogP contribution in [-0.2, 0) is 34.6 Å². The van der Waals surface area contributed by atoms with Crippen molar-refractivity contribution >= 4 is 21.8 Å². The van der Waals surface area contributed by atoms with Gasteiger partial charge in [-0.15, -0.1) is 0 Å². The largest absolute Gasteiger partial charge is 0.487 e. The smallest absolute Gasteiger partial charge is 0.326 e. The van der Waals surface area contributed by atoms with E-state index >= 15 is 4.39 Å². The molecule has 2 N–H and O–H groups in total. The molecule has 2 aliphatic rings. The lowest BCUT2D eigenvalue weighted by Crippen LogP contribution is -2.37. The fourth-order valence-corrected chi connectivity index (χ4v) is 5.52. The number of hydrogen-bond donors (Lipinski definition) is 2. The Labute approximate surface area is 194 Å². The molecular formula is C24H30FN3O4S. The number of carbonyl (C=O) groups is 1. The zero-order valence-corrected chi connectivity index (χ0v) is 19.8. The van der Waals surface area contributed by atoms with Crippen molar-refractivity contribution in [2.24, 2.45) is 5.92 Å². The van der Waals surface area contributed by atoms with Crippen molar-refractivity contribution in [1.29, 1.82) is 0 Å². The summed E-state index contributed by atoms with van der Waals surface area (Å²) in [6.07, 6.45) is 3.52. The summed E-state index contributed by atoms with van der Waals surface area (Å²) < 4.78 is 49.6. The molecule has 0 bridgehead atoms. The van der Waals surface area contributed by atoms with Crippen molar-refractivity contribution in [3.8, 4) is 5.75 Å². The zero-order valence-electron chi connectivity index (χ0n) is 18.9. The number of nitrogens with zero attached hydrogens (tertiary/aromatic N) is 1. The zero-order chi connectivity index (χ0) is 23.6. The van der Waals surface area contributed by atoms with E-state index in [2.05, 4.69) is 19.2 Å². The van der Waals surface area contributed by atoms with Crippen LogP contribution in [0.1, 0.15) is 49.8 Å². The average molecular weight is 476 g/mol. The molecule has 1 fully saturated rings. The molecule has 0 aliphatic carbocycles. The second-order valence-electron chi connectivity index (χ2n) is 9.09. The van der Waals surface area contributed by atoms with Crippen molar-refractivity contribution in [2.45, 2.75) is 58.7 Å². The van der Waals surface area contributed by atoms with E-state index in [1.807, 2.05) is 35.1 Å². The topological polar surface area (TPSA) is 87.7 Å². The van der Waals surface area contributed by atoms with Crippen molar-refractivity contribution in [2.75, 3.05) is 10.8 Å². The Morgan fingerprint density at radius 1 is 1.24 bits per heavy atom. The maximum Gasteiger partial charge on any atom is 0.326 e. The summed E-state index contributed by atoms with van der Waals surface area (Å²) >= 11 is 0. The standard InChI is InChI=1S/C24H30FN3O4S/c1-16(2)7-6-10-19-12-20-18(13-26-19)11-21(32-15-17-8-4-3-5-9-17)24(23(20)25)28-14-22(29)27-33(28,30)31/h3-5,8-9,11,16,19,26H,6-7,10,12-15H2,1-2H3,(H,27,29)/t19-/m0/s1. The van der Waals surface area contributed by atoms with E-state index in [0.717, 1.165) is 34.7 Å². The molecule has 2 heterocycles. The van der Waals surface area contributed by atoms with Crippen LogP contribution in [0.2, 0.25) is 0 Å². The van der Waals surface area contributed by atoms with Gasteiger partial charge in [-0.05, 0) is 41.5 Å². The van der Waals surface area contributed by atoms with Gasteiger partial charge in [-0.2, -0.15) is 8.42 Å². The lowest BCUT2D eigenvalue weighted by molar-refractivity contribution is -0.117. The summed E-state index contributed by atoms with van der Waals surface area (Å²) in [7, 11) is -4.18. The highest BCUT2D eigenvalue weighted by molar-refractivity contribution is 7.92. The van der Waals surface area contributed by atoms with Crippen LogP contribution in [0.15, 0.2) is 36.4 Å². The molecule has 2 aromatic rings. The average Bonchev–Trinajstić information content (AvgIpc) is 3.04. The Bertz CT molecular complexity index is 1120. The molecule has 178 valence electrons. The third-order valence-corrected chi connectivity index (χ3v) is 7.45. The molecule has 0 aromatic heterocycles. The van der Waals surface area contributed by atoms with Gasteiger partial charge in [0.1, 0.15) is 24.6 Å². The fourth-order valence-electron chi connectivity index (χ4n) is 4.36. The number of rotatable bonds is 8. The number of anilines is 1. The summed E-state index contributed by atoms with van der Waals surface area (Å²) in [5.74, 6) is -0.616. The van der Waals surface area contributed by atoms with Gasteiger partial charge in [-0.1, -0.05) is 57.0 Å². The number of carbonyl (C=O) groups excluding carboxylic acids is 1. The van der Waals surface area contributed by atoms with Crippen molar-refractivity contribution in [3.63, 3.8) is 0 Å². The van der Waals surface area contributed by atoms with Gasteiger partial charge in [0.05, 0.1) is 0 Å². The molecule has 2 aromatic carbocycles. The summed E-state index contributed by atoms with van der Waals surface area (Å²) in [5.41, 5.74) is 1.89. The first-order valence-corrected chi connectivity index (χ1v) is 12.8. The summed E-state index contributed by atoms with van der Waals surface area (Å²) in [6, 6.07) is 11.2. The molecule has 0 saturated carbocycles. The van der Waals surface area contributed by atoms with Gasteiger partial charge in [-0.25, -0.2) is 13.4 Å². The van der Waals surface area contributed by atoms with E-state index in [-0.39, 0.29) is 24.1 Å². The molecule has 9 heteroatoms. The van der Waals surface area contributed by atoms with Gasteiger partial charge in [-0.3, -0.25) is 4.79 Å². The van der Waals surface area contributed by atoms with E-state index in [1.54, 1.807) is 6.07 Å². The molecule has 4 rings (SSSR count). The minimum atomic E-state index is -4.18. The minimum absolute atomic E-state index is 0.107. The van der Waals surface area contributed by atoms with Crippen LogP contribution in [-0.4, -0.2) is 26.9 Å². The first-order valence-electron chi connectivity index (χ1n) is 11.3. The monoisotopic (exact) mass is 475 g/mol. The van der Waals surface area contributed by atoms with E-state index in [1.165, 1.54) is 0 Å². The number of fused-ring (bicyclic) bond motifs is 1. The number of hydrogen-bond acceptors (Lipinski definition) is 5. The predicted molar refractivity (Wildman–Crippen MR) is 125 cm³/mol. The Hall–Kier alpha value is -2.65. The highest BCUT2D eigenvalue weighted by Crippen LogP contribution is 2.40. The van der Waals surface area contributed by atoms with Crippen molar-refractivity contribution in [1.82, 2.24) is 10.0 Å². The van der Waals surface area contributed by atoms with Crippen molar-refractivity contribution < 1.29 is 22.3 Å². The Morgan fingerprint density at radius 2 is 2.00 bits per heavy atom. The maximum absolute atomic E-state index is 15.9. The quantitative estimate of drug-likeness (QED) is 0.611. The van der Waals surface area contributed by atoms with Crippen LogP contribution in [0.4, 0.5) is 10.1 Å². The van der Waals surface area contributed by atoms with Gasteiger partial charge >= 0.3 is 10.2 Å². The predicted octanol–water partition coefficient (Wildman–Crippen LogP) is 3.43. The van der Waals surface area contributed by atoms with Crippen LogP contribution < -0.4 is 19.1 Å². The second kappa shape index (κ2) is 9.69. The van der Waals surface area contributed by atoms with Crippen LogP contribution >= 0.6 is 0 Å². The number of ether oxygens (including phenoxy) is 1. The molecule has 0 unspecified atom stereocenters. The highest BCUT2D eigenvalue weighted by atomic mass is 32.2. The lowest BCUT2D eigenvalue weighted by atomic mass is 9.91. The molecule has 0 radical (unpaired) electrons. The third-order valence-electron chi connectivity index (χ3n) is 6.07. The van der Waals surface area contributed by atoms with Gasteiger partial charge < -0.3 is 10.1 Å². The summed E-state index contributed by atoms with van der Waals surface area (Å²) in [6.45, 7) is 4.50.